The van der Waals surface area contributed by atoms with E-state index >= 15 is 0 Å². The Kier molecular flexibility index (Phi) is 5.63. The Morgan fingerprint density at radius 1 is 1.32 bits per heavy atom. The molecule has 0 bridgehead atoms. The van der Waals surface area contributed by atoms with Crippen molar-refractivity contribution in [1.29, 1.82) is 0 Å². The van der Waals surface area contributed by atoms with Gasteiger partial charge in [-0.15, -0.1) is 0 Å². The molecule has 1 aromatic carbocycles. The van der Waals surface area contributed by atoms with E-state index in [4.69, 9.17) is 25.8 Å². The highest BCUT2D eigenvalue weighted by Crippen LogP contribution is 2.34. The molecule has 1 rings (SSSR count). The molecule has 0 aromatic heterocycles. The minimum absolute atomic E-state index is 0.277. The van der Waals surface area contributed by atoms with Gasteiger partial charge in [0, 0.05) is 24.6 Å². The van der Waals surface area contributed by atoms with E-state index in [1.165, 1.54) is 7.11 Å². The first-order valence-electron chi connectivity index (χ1n) is 5.94. The molecule has 0 aliphatic rings. The van der Waals surface area contributed by atoms with Crippen molar-refractivity contribution in [2.24, 2.45) is 0 Å². The van der Waals surface area contributed by atoms with E-state index < -0.39 is 0 Å². The Morgan fingerprint density at radius 2 is 2.00 bits per heavy atom. The SMILES string of the molecule is COc1cc(Cl)cc(C=O)c1OCCC(C)(C)OC. The van der Waals surface area contributed by atoms with Gasteiger partial charge in [0.1, 0.15) is 0 Å². The van der Waals surface area contributed by atoms with E-state index in [9.17, 15) is 4.79 Å². The van der Waals surface area contributed by atoms with Crippen molar-refractivity contribution < 1.29 is 19.0 Å². The minimum Gasteiger partial charge on any atom is -0.493 e. The predicted octanol–water partition coefficient (Wildman–Crippen LogP) is 3.36. The number of aldehydes is 1. The molecule has 0 aliphatic heterocycles. The minimum atomic E-state index is -0.277. The summed E-state index contributed by atoms with van der Waals surface area (Å²) < 4.78 is 16.1. The van der Waals surface area contributed by atoms with Gasteiger partial charge in [-0.05, 0) is 19.9 Å². The number of hydrogen-bond acceptors (Lipinski definition) is 4. The number of rotatable bonds is 7. The maximum Gasteiger partial charge on any atom is 0.171 e. The van der Waals surface area contributed by atoms with Gasteiger partial charge in [0.05, 0.1) is 24.9 Å². The molecule has 0 saturated heterocycles. The Hall–Kier alpha value is -1.26. The number of carbonyl (C=O) groups excluding carboxylic acids is 1. The summed E-state index contributed by atoms with van der Waals surface area (Å²) >= 11 is 5.89. The van der Waals surface area contributed by atoms with Crippen molar-refractivity contribution in [2.45, 2.75) is 25.9 Å². The lowest BCUT2D eigenvalue weighted by Crippen LogP contribution is -2.25. The molecule has 0 radical (unpaired) electrons. The van der Waals surface area contributed by atoms with Crippen molar-refractivity contribution in [3.63, 3.8) is 0 Å². The molecule has 5 heteroatoms. The first-order valence-corrected chi connectivity index (χ1v) is 6.32. The quantitative estimate of drug-likeness (QED) is 0.721. The molecule has 0 unspecified atom stereocenters. The summed E-state index contributed by atoms with van der Waals surface area (Å²) in [5.41, 5.74) is 0.0978. The summed E-state index contributed by atoms with van der Waals surface area (Å²) in [4.78, 5) is 11.0. The normalized spacial score (nSPS) is 11.2. The van der Waals surface area contributed by atoms with Gasteiger partial charge >= 0.3 is 0 Å². The summed E-state index contributed by atoms with van der Waals surface area (Å²) in [7, 11) is 3.16. The molecule has 0 atom stereocenters. The molecule has 0 fully saturated rings. The lowest BCUT2D eigenvalue weighted by atomic mass is 10.1. The zero-order valence-electron chi connectivity index (χ0n) is 11.7. The molecule has 0 N–H and O–H groups in total. The van der Waals surface area contributed by atoms with E-state index in [-0.39, 0.29) is 5.60 Å². The molecular weight excluding hydrogens is 268 g/mol. The fraction of sp³-hybridized carbons (Fsp3) is 0.500. The average Bonchev–Trinajstić information content (AvgIpc) is 2.39. The third-order valence-corrected chi connectivity index (χ3v) is 3.12. The van der Waals surface area contributed by atoms with Gasteiger partial charge in [-0.3, -0.25) is 4.79 Å². The summed E-state index contributed by atoms with van der Waals surface area (Å²) in [5, 5.41) is 0.434. The fourth-order valence-corrected chi connectivity index (χ4v) is 1.70. The van der Waals surface area contributed by atoms with E-state index in [2.05, 4.69) is 0 Å². The van der Waals surface area contributed by atoms with Crippen LogP contribution in [0.15, 0.2) is 12.1 Å². The first-order chi connectivity index (χ1) is 8.93. The zero-order chi connectivity index (χ0) is 14.5. The predicted molar refractivity (Wildman–Crippen MR) is 74.6 cm³/mol. The smallest absolute Gasteiger partial charge is 0.171 e. The molecule has 0 saturated carbocycles. The number of ether oxygens (including phenoxy) is 3. The topological polar surface area (TPSA) is 44.8 Å². The van der Waals surface area contributed by atoms with Crippen LogP contribution in [0.3, 0.4) is 0 Å². The van der Waals surface area contributed by atoms with Crippen LogP contribution < -0.4 is 9.47 Å². The van der Waals surface area contributed by atoms with Gasteiger partial charge in [0.2, 0.25) is 0 Å². The molecular formula is C14H19ClO4. The molecule has 0 aliphatic carbocycles. The van der Waals surface area contributed by atoms with Crippen LogP contribution in [0.2, 0.25) is 5.02 Å². The van der Waals surface area contributed by atoms with Crippen molar-refractivity contribution in [3.05, 3.63) is 22.7 Å². The first kappa shape index (κ1) is 15.8. The van der Waals surface area contributed by atoms with Gasteiger partial charge in [0.25, 0.3) is 0 Å². The lowest BCUT2D eigenvalue weighted by Gasteiger charge is -2.23. The third kappa shape index (κ3) is 4.40. The molecule has 19 heavy (non-hydrogen) atoms. The van der Waals surface area contributed by atoms with E-state index in [0.29, 0.717) is 41.4 Å². The van der Waals surface area contributed by atoms with Gasteiger partial charge in [-0.2, -0.15) is 0 Å². The van der Waals surface area contributed by atoms with Crippen molar-refractivity contribution >= 4 is 17.9 Å². The second kappa shape index (κ2) is 6.78. The zero-order valence-corrected chi connectivity index (χ0v) is 12.4. The van der Waals surface area contributed by atoms with Crippen LogP contribution in [0.25, 0.3) is 0 Å². The Balaban J connectivity index is 2.85. The monoisotopic (exact) mass is 286 g/mol. The Morgan fingerprint density at radius 3 is 2.53 bits per heavy atom. The molecule has 0 amide bonds. The Bertz CT molecular complexity index is 443. The third-order valence-electron chi connectivity index (χ3n) is 2.90. The van der Waals surface area contributed by atoms with E-state index in [0.717, 1.165) is 0 Å². The largest absolute Gasteiger partial charge is 0.493 e. The van der Waals surface area contributed by atoms with Gasteiger partial charge in [-0.25, -0.2) is 0 Å². The van der Waals surface area contributed by atoms with Crippen LogP contribution in [-0.2, 0) is 4.74 Å². The lowest BCUT2D eigenvalue weighted by molar-refractivity contribution is 0.00522. The highest BCUT2D eigenvalue weighted by molar-refractivity contribution is 6.31. The van der Waals surface area contributed by atoms with Gasteiger partial charge in [-0.1, -0.05) is 11.6 Å². The number of halogens is 1. The number of carbonyl (C=O) groups is 1. The maximum atomic E-state index is 11.0. The number of methoxy groups -OCH3 is 2. The second-order valence-corrected chi connectivity index (χ2v) is 5.14. The second-order valence-electron chi connectivity index (χ2n) is 4.71. The summed E-state index contributed by atoms with van der Waals surface area (Å²) in [6, 6.07) is 3.17. The van der Waals surface area contributed by atoms with Crippen LogP contribution in [0, 0.1) is 0 Å². The molecule has 106 valence electrons. The molecule has 4 nitrogen and oxygen atoms in total. The van der Waals surface area contributed by atoms with Crippen molar-refractivity contribution in [3.8, 4) is 11.5 Å². The number of benzene rings is 1. The standard InChI is InChI=1S/C14H19ClO4/c1-14(2,18-4)5-6-19-13-10(9-16)7-11(15)8-12(13)17-3/h7-9H,5-6H2,1-4H3. The van der Waals surface area contributed by atoms with Crippen LogP contribution in [0.1, 0.15) is 30.6 Å². The summed E-state index contributed by atoms with van der Waals surface area (Å²) in [6.45, 7) is 4.35. The van der Waals surface area contributed by atoms with Crippen LogP contribution in [-0.4, -0.2) is 32.7 Å². The van der Waals surface area contributed by atoms with Crippen molar-refractivity contribution in [1.82, 2.24) is 0 Å². The molecule has 0 heterocycles. The molecule has 1 aromatic rings. The van der Waals surface area contributed by atoms with E-state index in [1.807, 2.05) is 13.8 Å². The van der Waals surface area contributed by atoms with Gasteiger partial charge < -0.3 is 14.2 Å². The van der Waals surface area contributed by atoms with Crippen LogP contribution in [0.4, 0.5) is 0 Å². The summed E-state index contributed by atoms with van der Waals surface area (Å²) in [5.74, 6) is 0.860. The van der Waals surface area contributed by atoms with E-state index in [1.54, 1.807) is 19.2 Å². The summed E-state index contributed by atoms with van der Waals surface area (Å²) in [6.07, 6.45) is 1.39. The van der Waals surface area contributed by atoms with Gasteiger partial charge in [0.15, 0.2) is 17.8 Å². The average molecular weight is 287 g/mol. The van der Waals surface area contributed by atoms with Crippen LogP contribution in [0.5, 0.6) is 11.5 Å². The Labute approximate surface area is 118 Å². The highest BCUT2D eigenvalue weighted by atomic mass is 35.5. The number of hydrogen-bond donors (Lipinski definition) is 0. The highest BCUT2D eigenvalue weighted by Gasteiger charge is 2.18. The fourth-order valence-electron chi connectivity index (χ4n) is 1.48. The maximum absolute atomic E-state index is 11.0. The van der Waals surface area contributed by atoms with Crippen LogP contribution >= 0.6 is 11.6 Å². The van der Waals surface area contributed by atoms with Crippen molar-refractivity contribution in [2.75, 3.05) is 20.8 Å². The molecule has 0 spiro atoms.